The molecule has 0 aliphatic carbocycles. The molecule has 0 aromatic carbocycles. The maximum atomic E-state index is 9.70. The highest BCUT2D eigenvalue weighted by molar-refractivity contribution is 7.18. The maximum Gasteiger partial charge on any atom is 0.208 e. The highest BCUT2D eigenvalue weighted by atomic mass is 32.1. The molecule has 2 N–H and O–H groups in total. The van der Waals surface area contributed by atoms with Crippen LogP contribution in [0.25, 0.3) is 10.4 Å². The molecule has 3 rings (SSSR count). The fourth-order valence-electron chi connectivity index (χ4n) is 1.82. The lowest BCUT2D eigenvalue weighted by Gasteiger charge is -2.11. The Kier molecular flexibility index (Phi) is 1.83. The van der Waals surface area contributed by atoms with Crippen LogP contribution in [-0.4, -0.2) is 22.7 Å². The SMILES string of the molecule is OC1CCNC1c1cc2ncoc2s1. The highest BCUT2D eigenvalue weighted by Crippen LogP contribution is 2.33. The second kappa shape index (κ2) is 3.05. The Morgan fingerprint density at radius 3 is 3.29 bits per heavy atom. The minimum absolute atomic E-state index is 0.0596. The van der Waals surface area contributed by atoms with Gasteiger partial charge in [0.15, 0.2) is 6.39 Å². The third-order valence-electron chi connectivity index (χ3n) is 2.55. The summed E-state index contributed by atoms with van der Waals surface area (Å²) in [5, 5.41) is 13.0. The Bertz CT molecular complexity index is 422. The van der Waals surface area contributed by atoms with Crippen LogP contribution in [0.5, 0.6) is 0 Å². The predicted octanol–water partition coefficient (Wildman–Crippen LogP) is 1.28. The number of nitrogens with zero attached hydrogens (tertiary/aromatic N) is 1. The van der Waals surface area contributed by atoms with Crippen molar-refractivity contribution in [3.63, 3.8) is 0 Å². The van der Waals surface area contributed by atoms with Gasteiger partial charge in [0.25, 0.3) is 0 Å². The molecule has 0 saturated carbocycles. The van der Waals surface area contributed by atoms with Crippen molar-refractivity contribution in [1.29, 1.82) is 0 Å². The summed E-state index contributed by atoms with van der Waals surface area (Å²) in [6, 6.07) is 2.04. The summed E-state index contributed by atoms with van der Waals surface area (Å²) in [6.45, 7) is 0.874. The average molecular weight is 210 g/mol. The average Bonchev–Trinajstić information content (AvgIpc) is 2.75. The van der Waals surface area contributed by atoms with Gasteiger partial charge in [-0.2, -0.15) is 0 Å². The minimum atomic E-state index is -0.280. The van der Waals surface area contributed by atoms with Gasteiger partial charge in [-0.15, -0.1) is 0 Å². The molecule has 0 bridgehead atoms. The fraction of sp³-hybridized carbons (Fsp3) is 0.444. The maximum absolute atomic E-state index is 9.70. The van der Waals surface area contributed by atoms with E-state index < -0.39 is 0 Å². The van der Waals surface area contributed by atoms with Crippen LogP contribution >= 0.6 is 11.3 Å². The fourth-order valence-corrected chi connectivity index (χ4v) is 2.88. The van der Waals surface area contributed by atoms with Crippen LogP contribution in [0, 0.1) is 0 Å². The number of nitrogens with one attached hydrogen (secondary N) is 1. The summed E-state index contributed by atoms with van der Waals surface area (Å²) >= 11 is 1.55. The number of hydrogen-bond acceptors (Lipinski definition) is 5. The summed E-state index contributed by atoms with van der Waals surface area (Å²) < 4.78 is 5.19. The number of oxazole rings is 1. The van der Waals surface area contributed by atoms with Gasteiger partial charge in [0.2, 0.25) is 4.90 Å². The predicted molar refractivity (Wildman–Crippen MR) is 53.3 cm³/mol. The van der Waals surface area contributed by atoms with Crippen LogP contribution in [0.2, 0.25) is 0 Å². The molecular formula is C9H10N2O2S. The molecule has 0 radical (unpaired) electrons. The van der Waals surface area contributed by atoms with Crippen molar-refractivity contribution in [2.45, 2.75) is 18.6 Å². The van der Waals surface area contributed by atoms with Crippen LogP contribution in [0.4, 0.5) is 0 Å². The van der Waals surface area contributed by atoms with Crippen molar-refractivity contribution in [2.75, 3.05) is 6.54 Å². The monoisotopic (exact) mass is 210 g/mol. The number of hydrogen-bond donors (Lipinski definition) is 2. The number of fused-ring (bicyclic) bond motifs is 1. The Balaban J connectivity index is 2.01. The molecule has 1 aliphatic heterocycles. The van der Waals surface area contributed by atoms with Gasteiger partial charge in [-0.1, -0.05) is 11.3 Å². The lowest BCUT2D eigenvalue weighted by Crippen LogP contribution is -2.19. The van der Waals surface area contributed by atoms with Crippen molar-refractivity contribution in [3.05, 3.63) is 17.3 Å². The van der Waals surface area contributed by atoms with E-state index in [9.17, 15) is 5.11 Å². The summed E-state index contributed by atoms with van der Waals surface area (Å²) in [7, 11) is 0. The van der Waals surface area contributed by atoms with Gasteiger partial charge < -0.3 is 14.8 Å². The van der Waals surface area contributed by atoms with E-state index in [4.69, 9.17) is 4.42 Å². The molecule has 1 saturated heterocycles. The summed E-state index contributed by atoms with van der Waals surface area (Å²) in [5.74, 6) is 0. The molecule has 2 unspecified atom stereocenters. The molecule has 2 aromatic heterocycles. The van der Waals surface area contributed by atoms with Gasteiger partial charge in [-0.3, -0.25) is 0 Å². The highest BCUT2D eigenvalue weighted by Gasteiger charge is 2.28. The molecule has 74 valence electrons. The molecule has 2 atom stereocenters. The van der Waals surface area contributed by atoms with Crippen molar-refractivity contribution in [1.82, 2.24) is 10.3 Å². The van der Waals surface area contributed by atoms with Gasteiger partial charge in [0, 0.05) is 4.88 Å². The Morgan fingerprint density at radius 1 is 1.64 bits per heavy atom. The first kappa shape index (κ1) is 8.40. The molecule has 2 aromatic rings. The summed E-state index contributed by atoms with van der Waals surface area (Å²) in [4.78, 5) is 6.01. The van der Waals surface area contributed by atoms with Crippen molar-refractivity contribution in [2.24, 2.45) is 0 Å². The van der Waals surface area contributed by atoms with Crippen molar-refractivity contribution >= 4 is 21.8 Å². The van der Waals surface area contributed by atoms with Crippen LogP contribution in [0.3, 0.4) is 0 Å². The standard InChI is InChI=1S/C9H10N2O2S/c12-6-1-2-10-8(6)7-3-5-9(14-7)13-4-11-5/h3-4,6,8,10,12H,1-2H2. The molecule has 3 heterocycles. The first-order chi connectivity index (χ1) is 6.84. The van der Waals surface area contributed by atoms with Crippen molar-refractivity contribution in [3.8, 4) is 0 Å². The topological polar surface area (TPSA) is 58.3 Å². The Labute approximate surface area is 84.6 Å². The molecule has 4 nitrogen and oxygen atoms in total. The normalized spacial score (nSPS) is 27.5. The summed E-state index contributed by atoms with van der Waals surface area (Å²) in [6.07, 6.45) is 1.98. The van der Waals surface area contributed by atoms with Crippen LogP contribution in [0.15, 0.2) is 16.9 Å². The van der Waals surface area contributed by atoms with Gasteiger partial charge in [-0.05, 0) is 19.0 Å². The van der Waals surface area contributed by atoms with Gasteiger partial charge in [0.1, 0.15) is 5.52 Å². The van der Waals surface area contributed by atoms with Crippen LogP contribution < -0.4 is 5.32 Å². The first-order valence-corrected chi connectivity index (χ1v) is 5.40. The van der Waals surface area contributed by atoms with Gasteiger partial charge in [-0.25, -0.2) is 4.98 Å². The number of thiophene rings is 1. The zero-order valence-electron chi connectivity index (χ0n) is 7.43. The van der Waals surface area contributed by atoms with E-state index in [0.717, 1.165) is 28.3 Å². The van der Waals surface area contributed by atoms with E-state index in [0.29, 0.717) is 0 Å². The number of aromatic nitrogens is 1. The van der Waals surface area contributed by atoms with E-state index in [1.54, 1.807) is 11.3 Å². The quantitative estimate of drug-likeness (QED) is 0.744. The molecule has 0 spiro atoms. The molecule has 1 aliphatic rings. The van der Waals surface area contributed by atoms with E-state index in [-0.39, 0.29) is 12.1 Å². The molecular weight excluding hydrogens is 200 g/mol. The zero-order chi connectivity index (χ0) is 9.54. The molecule has 14 heavy (non-hydrogen) atoms. The Hall–Kier alpha value is -0.910. The van der Waals surface area contributed by atoms with Crippen molar-refractivity contribution < 1.29 is 9.52 Å². The van der Waals surface area contributed by atoms with Crippen LogP contribution in [0.1, 0.15) is 17.3 Å². The van der Waals surface area contributed by atoms with E-state index in [2.05, 4.69) is 10.3 Å². The lowest BCUT2D eigenvalue weighted by atomic mass is 10.1. The third-order valence-corrected chi connectivity index (χ3v) is 3.64. The summed E-state index contributed by atoms with van der Waals surface area (Å²) in [5.41, 5.74) is 0.880. The molecule has 5 heteroatoms. The number of aliphatic hydroxyl groups excluding tert-OH is 1. The molecule has 1 fully saturated rings. The molecule has 0 amide bonds. The minimum Gasteiger partial charge on any atom is -0.433 e. The van der Waals surface area contributed by atoms with Crippen LogP contribution in [-0.2, 0) is 0 Å². The smallest absolute Gasteiger partial charge is 0.208 e. The third kappa shape index (κ3) is 1.17. The van der Waals surface area contributed by atoms with E-state index in [1.807, 2.05) is 6.07 Å². The second-order valence-corrected chi connectivity index (χ2v) is 4.51. The number of aliphatic hydroxyl groups is 1. The van der Waals surface area contributed by atoms with Gasteiger partial charge in [0.05, 0.1) is 12.1 Å². The number of rotatable bonds is 1. The second-order valence-electron chi connectivity index (χ2n) is 3.46. The zero-order valence-corrected chi connectivity index (χ0v) is 8.25. The van der Waals surface area contributed by atoms with E-state index >= 15 is 0 Å². The van der Waals surface area contributed by atoms with Gasteiger partial charge >= 0.3 is 0 Å². The largest absolute Gasteiger partial charge is 0.433 e. The van der Waals surface area contributed by atoms with E-state index in [1.165, 1.54) is 6.39 Å². The first-order valence-electron chi connectivity index (χ1n) is 4.59. The Morgan fingerprint density at radius 2 is 2.57 bits per heavy atom. The lowest BCUT2D eigenvalue weighted by molar-refractivity contribution is 0.161.